The van der Waals surface area contributed by atoms with Crippen LogP contribution < -0.4 is 32.7 Å². The van der Waals surface area contributed by atoms with Gasteiger partial charge in [-0.05, 0) is 10.2 Å². The zero-order valence-electron chi connectivity index (χ0n) is 5.05. The van der Waals surface area contributed by atoms with Crippen LogP contribution in [-0.2, 0) is 0 Å². The van der Waals surface area contributed by atoms with Gasteiger partial charge in [0.25, 0.3) is 0 Å². The second-order valence-electron chi connectivity index (χ2n) is 1.43. The van der Waals surface area contributed by atoms with E-state index in [1.165, 1.54) is 0 Å². The predicted octanol–water partition coefficient (Wildman–Crippen LogP) is -3.32. The smallest absolute Gasteiger partial charge is 0.285 e. The van der Waals surface area contributed by atoms with Crippen LogP contribution in [0.2, 0.25) is 0 Å². The van der Waals surface area contributed by atoms with E-state index in [1.807, 2.05) is 0 Å². The summed E-state index contributed by atoms with van der Waals surface area (Å²) >= 11 is 0. The van der Waals surface area contributed by atoms with Crippen LogP contribution in [0.5, 0.6) is 0 Å². The van der Waals surface area contributed by atoms with Crippen molar-refractivity contribution in [3.05, 3.63) is 0 Å². The van der Waals surface area contributed by atoms with Gasteiger partial charge in [-0.2, -0.15) is 0 Å². The van der Waals surface area contributed by atoms with Gasteiger partial charge in [0.05, 0.1) is 0 Å². The van der Waals surface area contributed by atoms with Crippen LogP contribution in [0.3, 0.4) is 0 Å². The topological polar surface area (TPSA) is 130 Å². The maximum Gasteiger partial charge on any atom is 0.585 e. The molecule has 0 aliphatic carbocycles. The van der Waals surface area contributed by atoms with Gasteiger partial charge in [0.15, 0.2) is 0 Å². The van der Waals surface area contributed by atoms with Crippen molar-refractivity contribution in [2.75, 3.05) is 10.9 Å². The zero-order valence-corrected chi connectivity index (χ0v) is 5.05. The number of hydrogen-bond donors (Lipinski definition) is 4. The highest BCUT2D eigenvalue weighted by Crippen LogP contribution is 1.80. The predicted molar refractivity (Wildman–Crippen MR) is 30.8 cm³/mol. The lowest BCUT2D eigenvalue weighted by atomic mass is 11.0. The highest BCUT2D eigenvalue weighted by molar-refractivity contribution is 5.13. The minimum Gasteiger partial charge on any atom is -0.285 e. The number of nitrogen functional groups attached to an aromatic ring is 2. The SMILES string of the molecule is NNc1n[nH+]c(NN)[nH+]n1. The minimum absolute atomic E-state index is 0.249. The highest BCUT2D eigenvalue weighted by Gasteiger charge is 2.08. The molecule has 1 heterocycles. The molecule has 0 aliphatic heterocycles. The number of nitrogens with one attached hydrogen (secondary N) is 4. The second-order valence-corrected chi connectivity index (χ2v) is 1.43. The van der Waals surface area contributed by atoms with E-state index in [9.17, 15) is 0 Å². The number of anilines is 2. The molecule has 0 unspecified atom stereocenters. The first-order valence-electron chi connectivity index (χ1n) is 2.47. The standard InChI is InChI=1S/C2H6N8/c3-5-1-7-9-2(6-4)10-8-1/h3-4H2,(H,5,7,8)(H,6,9,10)/p+2. The molecule has 1 rings (SSSR count). The number of rotatable bonds is 2. The van der Waals surface area contributed by atoms with Gasteiger partial charge in [0, 0.05) is 0 Å². The Hall–Kier alpha value is -1.54. The van der Waals surface area contributed by atoms with Crippen molar-refractivity contribution in [2.45, 2.75) is 0 Å². The van der Waals surface area contributed by atoms with Gasteiger partial charge in [-0.3, -0.25) is 5.43 Å². The fraction of sp³-hybridized carbons (Fsp3) is 0. The minimum atomic E-state index is 0.249. The Morgan fingerprint density at radius 3 is 2.10 bits per heavy atom. The quantitative estimate of drug-likeness (QED) is 0.254. The van der Waals surface area contributed by atoms with Crippen molar-refractivity contribution in [1.29, 1.82) is 0 Å². The molecule has 0 amide bonds. The van der Waals surface area contributed by atoms with E-state index in [-0.39, 0.29) is 5.95 Å². The lowest BCUT2D eigenvalue weighted by Gasteiger charge is -1.86. The van der Waals surface area contributed by atoms with E-state index in [4.69, 9.17) is 11.7 Å². The molecule has 0 saturated heterocycles. The Bertz CT molecular complexity index is 168. The van der Waals surface area contributed by atoms with Gasteiger partial charge in [0.2, 0.25) is 0 Å². The monoisotopic (exact) mass is 144 g/mol. The molecule has 8 N–H and O–H groups in total. The molecule has 8 nitrogen and oxygen atoms in total. The molecule has 10 heavy (non-hydrogen) atoms. The Labute approximate surface area is 56.0 Å². The molecule has 8 heteroatoms. The van der Waals surface area contributed by atoms with Crippen LogP contribution >= 0.6 is 0 Å². The number of nitrogens with zero attached hydrogens (tertiary/aromatic N) is 2. The van der Waals surface area contributed by atoms with Crippen LogP contribution in [-0.4, -0.2) is 10.2 Å². The maximum atomic E-state index is 5.00. The summed E-state index contributed by atoms with van der Waals surface area (Å²) in [7, 11) is 0. The first-order valence-corrected chi connectivity index (χ1v) is 2.47. The molecule has 0 saturated carbocycles. The summed E-state index contributed by atoms with van der Waals surface area (Å²) in [5, 5.41) is 12.2. The number of aromatic nitrogens is 4. The number of hydrazine groups is 2. The third-order valence-corrected chi connectivity index (χ3v) is 0.821. The van der Waals surface area contributed by atoms with Crippen molar-refractivity contribution in [3.8, 4) is 0 Å². The molecule has 0 spiro atoms. The normalized spacial score (nSPS) is 9.00. The van der Waals surface area contributed by atoms with Gasteiger partial charge in [-0.1, -0.05) is 10.2 Å². The molecule has 0 radical (unpaired) electrons. The van der Waals surface area contributed by atoms with Crippen molar-refractivity contribution in [1.82, 2.24) is 10.2 Å². The largest absolute Gasteiger partial charge is 0.585 e. The first-order chi connectivity index (χ1) is 4.86. The number of H-pyrrole nitrogens is 2. The Balaban J connectivity index is 2.80. The van der Waals surface area contributed by atoms with Gasteiger partial charge in [0.1, 0.15) is 0 Å². The molecular formula is C2H8N8+2. The van der Waals surface area contributed by atoms with E-state index < -0.39 is 0 Å². The molecule has 0 fully saturated rings. The van der Waals surface area contributed by atoms with Crippen LogP contribution in [0.25, 0.3) is 0 Å². The molecule has 1 aromatic heterocycles. The number of aromatic amines is 2. The van der Waals surface area contributed by atoms with Gasteiger partial charge < -0.3 is 0 Å². The van der Waals surface area contributed by atoms with E-state index in [1.54, 1.807) is 0 Å². The molecule has 54 valence electrons. The molecule has 1 aromatic rings. The molecule has 0 aliphatic rings. The van der Waals surface area contributed by atoms with Crippen LogP contribution in [0, 0.1) is 0 Å². The summed E-state index contributed by atoms with van der Waals surface area (Å²) in [6.07, 6.45) is 0. The van der Waals surface area contributed by atoms with Crippen LogP contribution in [0.15, 0.2) is 0 Å². The second kappa shape index (κ2) is 2.85. The summed E-state index contributed by atoms with van der Waals surface area (Å²) < 4.78 is 0. The van der Waals surface area contributed by atoms with Gasteiger partial charge in [-0.15, -0.1) is 11.3 Å². The van der Waals surface area contributed by atoms with E-state index in [2.05, 4.69) is 31.2 Å². The van der Waals surface area contributed by atoms with E-state index in [0.717, 1.165) is 0 Å². The average Bonchev–Trinajstić information content (AvgIpc) is 2.05. The van der Waals surface area contributed by atoms with E-state index >= 15 is 0 Å². The number of hydrogen-bond acceptors (Lipinski definition) is 6. The number of nitrogens with two attached hydrogens (primary N) is 2. The summed E-state index contributed by atoms with van der Waals surface area (Å²) in [6.45, 7) is 0. The zero-order chi connectivity index (χ0) is 7.40. The van der Waals surface area contributed by atoms with Gasteiger partial charge >= 0.3 is 11.9 Å². The Morgan fingerprint density at radius 2 is 1.70 bits per heavy atom. The summed E-state index contributed by atoms with van der Waals surface area (Å²) in [5.41, 5.74) is 4.50. The molecular weight excluding hydrogens is 136 g/mol. The lowest BCUT2D eigenvalue weighted by molar-refractivity contribution is -0.577. The van der Waals surface area contributed by atoms with Crippen LogP contribution in [0.4, 0.5) is 11.9 Å². The molecule has 0 bridgehead atoms. The third-order valence-electron chi connectivity index (χ3n) is 0.821. The van der Waals surface area contributed by atoms with Crippen molar-refractivity contribution in [3.63, 3.8) is 0 Å². The van der Waals surface area contributed by atoms with Crippen molar-refractivity contribution < 1.29 is 10.2 Å². The van der Waals surface area contributed by atoms with Crippen molar-refractivity contribution in [2.24, 2.45) is 11.7 Å². The Kier molecular flexibility index (Phi) is 1.87. The first kappa shape index (κ1) is 6.58. The summed E-state index contributed by atoms with van der Waals surface area (Å²) in [5.74, 6) is 10.6. The summed E-state index contributed by atoms with van der Waals surface area (Å²) in [4.78, 5) is 0. The third kappa shape index (κ3) is 1.24. The molecule has 0 atom stereocenters. The fourth-order valence-electron chi connectivity index (χ4n) is 0.397. The van der Waals surface area contributed by atoms with Gasteiger partial charge in [-0.25, -0.2) is 5.84 Å². The lowest BCUT2D eigenvalue weighted by Crippen LogP contribution is -2.34. The fourth-order valence-corrected chi connectivity index (χ4v) is 0.397. The van der Waals surface area contributed by atoms with E-state index in [0.29, 0.717) is 5.95 Å². The molecule has 0 aromatic carbocycles. The highest BCUT2D eigenvalue weighted by atomic mass is 15.5. The Morgan fingerprint density at radius 1 is 1.10 bits per heavy atom. The summed E-state index contributed by atoms with van der Waals surface area (Å²) in [6, 6.07) is 0. The maximum absolute atomic E-state index is 5.00. The van der Waals surface area contributed by atoms with Crippen LogP contribution in [0.1, 0.15) is 0 Å². The average molecular weight is 144 g/mol. The van der Waals surface area contributed by atoms with Crippen molar-refractivity contribution >= 4 is 11.9 Å².